The summed E-state index contributed by atoms with van der Waals surface area (Å²) in [5, 5.41) is 8.96. The first-order valence-corrected chi connectivity index (χ1v) is 9.68. The van der Waals surface area contributed by atoms with Gasteiger partial charge in [-0.05, 0) is 61.7 Å². The van der Waals surface area contributed by atoms with Crippen molar-refractivity contribution in [1.29, 1.82) is 0 Å². The number of aliphatic hydroxyl groups excluding tert-OH is 1. The molecular weight excluding hydrogens is 338 g/mol. The molecule has 2 aromatic carbocycles. The molecule has 0 radical (unpaired) electrons. The van der Waals surface area contributed by atoms with Gasteiger partial charge in [0.25, 0.3) is 0 Å². The minimum atomic E-state index is 0.0934. The summed E-state index contributed by atoms with van der Waals surface area (Å²) in [7, 11) is 1.70. The number of ether oxygens (including phenoxy) is 2. The van der Waals surface area contributed by atoms with Gasteiger partial charge in [-0.1, -0.05) is 18.2 Å². The van der Waals surface area contributed by atoms with Crippen molar-refractivity contribution >= 4 is 0 Å². The maximum atomic E-state index is 8.96. The molecule has 0 spiro atoms. The molecule has 27 heavy (non-hydrogen) atoms. The van der Waals surface area contributed by atoms with Crippen LogP contribution >= 0.6 is 0 Å². The average Bonchev–Trinajstić information content (AvgIpc) is 2.66. The van der Waals surface area contributed by atoms with Crippen molar-refractivity contribution in [3.63, 3.8) is 0 Å². The van der Waals surface area contributed by atoms with E-state index in [-0.39, 0.29) is 12.1 Å². The fourth-order valence-corrected chi connectivity index (χ4v) is 3.62. The standard InChI is InChI=1S/C23H31NO3/c1-23(2,3)24-15-18-14-20(27-13-5-12-25)10-11-21(18)22(16-24)17-6-8-19(26-4)9-7-17/h6-11,14,22,25H,5,12-13,15-16H2,1-4H3. The Bertz CT molecular complexity index is 749. The quantitative estimate of drug-likeness (QED) is 0.775. The highest BCUT2D eigenvalue weighted by Crippen LogP contribution is 2.38. The molecule has 1 heterocycles. The van der Waals surface area contributed by atoms with E-state index in [2.05, 4.69) is 56.0 Å². The second-order valence-corrected chi connectivity index (χ2v) is 8.16. The fraction of sp³-hybridized carbons (Fsp3) is 0.478. The molecule has 4 nitrogen and oxygen atoms in total. The molecule has 1 aliphatic heterocycles. The van der Waals surface area contributed by atoms with Gasteiger partial charge in [0.15, 0.2) is 0 Å². The normalized spacial score (nSPS) is 17.4. The van der Waals surface area contributed by atoms with Crippen LogP contribution in [-0.2, 0) is 6.54 Å². The number of fused-ring (bicyclic) bond motifs is 1. The van der Waals surface area contributed by atoms with Gasteiger partial charge in [0.1, 0.15) is 11.5 Å². The highest BCUT2D eigenvalue weighted by atomic mass is 16.5. The summed E-state index contributed by atoms with van der Waals surface area (Å²) in [5.41, 5.74) is 4.09. The van der Waals surface area contributed by atoms with Crippen molar-refractivity contribution in [2.45, 2.75) is 45.2 Å². The molecule has 1 aliphatic rings. The molecular formula is C23H31NO3. The van der Waals surface area contributed by atoms with Gasteiger partial charge in [0.2, 0.25) is 0 Å². The monoisotopic (exact) mass is 369 g/mol. The third kappa shape index (κ3) is 4.63. The number of rotatable bonds is 6. The van der Waals surface area contributed by atoms with E-state index in [1.807, 2.05) is 12.1 Å². The van der Waals surface area contributed by atoms with Gasteiger partial charge in [-0.3, -0.25) is 4.90 Å². The zero-order chi connectivity index (χ0) is 19.4. The van der Waals surface area contributed by atoms with E-state index in [9.17, 15) is 0 Å². The number of hydrogen-bond donors (Lipinski definition) is 1. The van der Waals surface area contributed by atoms with Crippen LogP contribution in [0.5, 0.6) is 11.5 Å². The zero-order valence-corrected chi connectivity index (χ0v) is 16.9. The Morgan fingerprint density at radius 1 is 1.07 bits per heavy atom. The Balaban J connectivity index is 1.93. The Labute approximate surface area is 162 Å². The Morgan fingerprint density at radius 2 is 1.78 bits per heavy atom. The largest absolute Gasteiger partial charge is 0.497 e. The van der Waals surface area contributed by atoms with Crippen molar-refractivity contribution in [2.24, 2.45) is 0 Å². The molecule has 0 fully saturated rings. The molecule has 1 unspecified atom stereocenters. The van der Waals surface area contributed by atoms with Crippen LogP contribution in [0, 0.1) is 0 Å². The first-order chi connectivity index (χ1) is 12.9. The molecule has 146 valence electrons. The SMILES string of the molecule is COc1ccc(C2CN(C(C)(C)C)Cc3cc(OCCCO)ccc32)cc1. The molecule has 0 amide bonds. The Morgan fingerprint density at radius 3 is 2.41 bits per heavy atom. The molecule has 1 N–H and O–H groups in total. The number of hydrogen-bond acceptors (Lipinski definition) is 4. The second-order valence-electron chi connectivity index (χ2n) is 8.16. The molecule has 0 bridgehead atoms. The van der Waals surface area contributed by atoms with E-state index in [0.717, 1.165) is 24.6 Å². The van der Waals surface area contributed by atoms with Crippen molar-refractivity contribution in [3.05, 3.63) is 59.2 Å². The predicted octanol–water partition coefficient (Wildman–Crippen LogP) is 4.20. The lowest BCUT2D eigenvalue weighted by Crippen LogP contribution is -2.46. The average molecular weight is 370 g/mol. The van der Waals surface area contributed by atoms with E-state index in [1.54, 1.807) is 7.11 Å². The lowest BCUT2D eigenvalue weighted by atomic mass is 9.83. The van der Waals surface area contributed by atoms with Crippen LogP contribution in [0.25, 0.3) is 0 Å². The minimum Gasteiger partial charge on any atom is -0.497 e. The van der Waals surface area contributed by atoms with Gasteiger partial charge in [0.05, 0.1) is 13.7 Å². The maximum absolute atomic E-state index is 8.96. The topological polar surface area (TPSA) is 41.9 Å². The van der Waals surface area contributed by atoms with E-state index in [4.69, 9.17) is 14.6 Å². The molecule has 0 aliphatic carbocycles. The summed E-state index contributed by atoms with van der Waals surface area (Å²) in [6.07, 6.45) is 0.652. The number of nitrogens with zero attached hydrogens (tertiary/aromatic N) is 1. The molecule has 0 saturated carbocycles. The van der Waals surface area contributed by atoms with Crippen molar-refractivity contribution in [2.75, 3.05) is 26.9 Å². The smallest absolute Gasteiger partial charge is 0.119 e. The fourth-order valence-electron chi connectivity index (χ4n) is 3.62. The predicted molar refractivity (Wildman–Crippen MR) is 109 cm³/mol. The molecule has 0 saturated heterocycles. The van der Waals surface area contributed by atoms with Crippen LogP contribution in [0.2, 0.25) is 0 Å². The van der Waals surface area contributed by atoms with Crippen molar-refractivity contribution in [1.82, 2.24) is 4.90 Å². The van der Waals surface area contributed by atoms with Crippen LogP contribution in [0.15, 0.2) is 42.5 Å². The molecule has 1 atom stereocenters. The first-order valence-electron chi connectivity index (χ1n) is 9.68. The molecule has 0 aromatic heterocycles. The van der Waals surface area contributed by atoms with Gasteiger partial charge in [-0.25, -0.2) is 0 Å². The first kappa shape index (κ1) is 19.7. The van der Waals surface area contributed by atoms with Crippen LogP contribution in [0.3, 0.4) is 0 Å². The van der Waals surface area contributed by atoms with Gasteiger partial charge in [-0.2, -0.15) is 0 Å². The highest BCUT2D eigenvalue weighted by molar-refractivity contribution is 5.45. The summed E-state index contributed by atoms with van der Waals surface area (Å²) < 4.78 is 11.1. The zero-order valence-electron chi connectivity index (χ0n) is 16.9. The van der Waals surface area contributed by atoms with Crippen LogP contribution < -0.4 is 9.47 Å². The van der Waals surface area contributed by atoms with Crippen LogP contribution in [-0.4, -0.2) is 42.4 Å². The summed E-state index contributed by atoms with van der Waals surface area (Å²) in [5.74, 6) is 2.09. The minimum absolute atomic E-state index is 0.0934. The Hall–Kier alpha value is -2.04. The van der Waals surface area contributed by atoms with E-state index < -0.39 is 0 Å². The lowest BCUT2D eigenvalue weighted by Gasteiger charge is -2.43. The van der Waals surface area contributed by atoms with E-state index in [0.29, 0.717) is 18.9 Å². The molecule has 4 heteroatoms. The number of aliphatic hydroxyl groups is 1. The summed E-state index contributed by atoms with van der Waals surface area (Å²) in [6.45, 7) is 9.42. The third-order valence-corrected chi connectivity index (χ3v) is 5.29. The Kier molecular flexibility index (Phi) is 6.08. The lowest BCUT2D eigenvalue weighted by molar-refractivity contribution is 0.113. The van der Waals surface area contributed by atoms with Gasteiger partial charge in [-0.15, -0.1) is 0 Å². The highest BCUT2D eigenvalue weighted by Gasteiger charge is 2.32. The van der Waals surface area contributed by atoms with Crippen LogP contribution in [0.4, 0.5) is 0 Å². The molecule has 2 aromatic rings. The third-order valence-electron chi connectivity index (χ3n) is 5.29. The van der Waals surface area contributed by atoms with E-state index >= 15 is 0 Å². The summed E-state index contributed by atoms with van der Waals surface area (Å²) in [4.78, 5) is 2.53. The van der Waals surface area contributed by atoms with E-state index in [1.165, 1.54) is 16.7 Å². The van der Waals surface area contributed by atoms with Gasteiger partial charge >= 0.3 is 0 Å². The van der Waals surface area contributed by atoms with Gasteiger partial charge in [0, 0.05) is 37.6 Å². The molecule has 3 rings (SSSR count). The van der Waals surface area contributed by atoms with Crippen molar-refractivity contribution < 1.29 is 14.6 Å². The van der Waals surface area contributed by atoms with Crippen LogP contribution in [0.1, 0.15) is 49.8 Å². The number of methoxy groups -OCH3 is 1. The maximum Gasteiger partial charge on any atom is 0.119 e. The van der Waals surface area contributed by atoms with Crippen molar-refractivity contribution in [3.8, 4) is 11.5 Å². The summed E-state index contributed by atoms with van der Waals surface area (Å²) >= 11 is 0. The second kappa shape index (κ2) is 8.32. The summed E-state index contributed by atoms with van der Waals surface area (Å²) in [6, 6.07) is 14.9. The number of benzene rings is 2. The van der Waals surface area contributed by atoms with Gasteiger partial charge < -0.3 is 14.6 Å².